The molecule has 6 heteroatoms. The molecule has 118 valence electrons. The maximum atomic E-state index is 13.0. The van der Waals surface area contributed by atoms with Gasteiger partial charge in [-0.3, -0.25) is 4.90 Å². The lowest BCUT2D eigenvalue weighted by Crippen LogP contribution is -2.37. The van der Waals surface area contributed by atoms with E-state index in [1.165, 1.54) is 12.1 Å². The van der Waals surface area contributed by atoms with Crippen LogP contribution in [0.2, 0.25) is 0 Å². The van der Waals surface area contributed by atoms with Crippen LogP contribution in [-0.2, 0) is 6.54 Å². The highest BCUT2D eigenvalue weighted by molar-refractivity contribution is 5.53. The summed E-state index contributed by atoms with van der Waals surface area (Å²) in [4.78, 5) is 6.83. The fourth-order valence-corrected chi connectivity index (χ4v) is 2.84. The van der Waals surface area contributed by atoms with Gasteiger partial charge in [0, 0.05) is 18.2 Å². The number of aromatic nitrogens is 2. The molecule has 1 N–H and O–H groups in total. The minimum absolute atomic E-state index is 0.268. The summed E-state index contributed by atoms with van der Waals surface area (Å²) in [6.45, 7) is 5.93. The van der Waals surface area contributed by atoms with Crippen molar-refractivity contribution in [2.75, 3.05) is 19.6 Å². The van der Waals surface area contributed by atoms with Gasteiger partial charge in [0.2, 0.25) is 11.7 Å². The van der Waals surface area contributed by atoms with Gasteiger partial charge in [-0.15, -0.1) is 0 Å². The van der Waals surface area contributed by atoms with Crippen molar-refractivity contribution >= 4 is 0 Å². The number of hydrogen-bond acceptors (Lipinski definition) is 5. The van der Waals surface area contributed by atoms with E-state index in [0.717, 1.165) is 38.0 Å². The summed E-state index contributed by atoms with van der Waals surface area (Å²) < 4.78 is 18.3. The first kappa shape index (κ1) is 15.1. The van der Waals surface area contributed by atoms with E-state index in [9.17, 15) is 4.39 Å². The Labute approximate surface area is 129 Å². The van der Waals surface area contributed by atoms with Crippen LogP contribution in [0.1, 0.15) is 25.7 Å². The first-order valence-electron chi connectivity index (χ1n) is 7.79. The first-order valence-corrected chi connectivity index (χ1v) is 7.79. The zero-order valence-corrected chi connectivity index (χ0v) is 12.8. The SMILES string of the molecule is CCCN(Cc1nc(-c2ccc(F)cc2)no1)C1CCNC1. The molecule has 3 rings (SSSR count). The van der Waals surface area contributed by atoms with Crippen molar-refractivity contribution in [3.63, 3.8) is 0 Å². The van der Waals surface area contributed by atoms with Crippen LogP contribution < -0.4 is 5.32 Å². The molecule has 22 heavy (non-hydrogen) atoms. The zero-order chi connectivity index (χ0) is 15.4. The predicted molar refractivity (Wildman–Crippen MR) is 81.7 cm³/mol. The van der Waals surface area contributed by atoms with E-state index < -0.39 is 0 Å². The average Bonchev–Trinajstić information content (AvgIpc) is 3.19. The summed E-state index contributed by atoms with van der Waals surface area (Å²) in [5.74, 6) is 0.853. The molecule has 2 heterocycles. The molecule has 2 aromatic rings. The molecule has 1 unspecified atom stereocenters. The molecule has 1 aromatic heterocycles. The van der Waals surface area contributed by atoms with Gasteiger partial charge >= 0.3 is 0 Å². The number of hydrogen-bond donors (Lipinski definition) is 1. The molecule has 0 saturated carbocycles. The maximum absolute atomic E-state index is 13.0. The Hall–Kier alpha value is -1.79. The molecule has 0 spiro atoms. The van der Waals surface area contributed by atoms with E-state index in [2.05, 4.69) is 27.3 Å². The van der Waals surface area contributed by atoms with Gasteiger partial charge < -0.3 is 9.84 Å². The molecular weight excluding hydrogens is 283 g/mol. The fraction of sp³-hybridized carbons (Fsp3) is 0.500. The van der Waals surface area contributed by atoms with Crippen molar-refractivity contribution < 1.29 is 8.91 Å². The molecular formula is C16H21FN4O. The maximum Gasteiger partial charge on any atom is 0.241 e. The first-order chi connectivity index (χ1) is 10.8. The minimum Gasteiger partial charge on any atom is -0.338 e. The summed E-state index contributed by atoms with van der Waals surface area (Å²) in [5.41, 5.74) is 0.765. The normalized spacial score (nSPS) is 18.2. The average molecular weight is 304 g/mol. The van der Waals surface area contributed by atoms with Gasteiger partial charge in [0.15, 0.2) is 0 Å². The molecule has 0 radical (unpaired) electrons. The summed E-state index contributed by atoms with van der Waals surface area (Å²) in [5, 5.41) is 7.39. The highest BCUT2D eigenvalue weighted by Crippen LogP contribution is 2.18. The zero-order valence-electron chi connectivity index (χ0n) is 12.8. The lowest BCUT2D eigenvalue weighted by molar-refractivity contribution is 0.174. The van der Waals surface area contributed by atoms with E-state index in [1.54, 1.807) is 12.1 Å². The van der Waals surface area contributed by atoms with Crippen molar-refractivity contribution in [3.05, 3.63) is 36.0 Å². The fourth-order valence-electron chi connectivity index (χ4n) is 2.84. The Morgan fingerprint density at radius 1 is 1.36 bits per heavy atom. The Balaban J connectivity index is 1.70. The molecule has 1 aliphatic rings. The minimum atomic E-state index is -0.268. The largest absolute Gasteiger partial charge is 0.338 e. The number of nitrogens with one attached hydrogen (secondary N) is 1. The molecule has 5 nitrogen and oxygen atoms in total. The third-order valence-electron chi connectivity index (χ3n) is 3.97. The smallest absolute Gasteiger partial charge is 0.241 e. The van der Waals surface area contributed by atoms with Crippen LogP contribution in [0.15, 0.2) is 28.8 Å². The van der Waals surface area contributed by atoms with Crippen molar-refractivity contribution in [2.45, 2.75) is 32.4 Å². The predicted octanol–water partition coefficient (Wildman–Crippen LogP) is 2.45. The van der Waals surface area contributed by atoms with E-state index >= 15 is 0 Å². The van der Waals surface area contributed by atoms with Gasteiger partial charge in [0.05, 0.1) is 6.54 Å². The molecule has 0 amide bonds. The Morgan fingerprint density at radius 2 is 2.18 bits per heavy atom. The highest BCUT2D eigenvalue weighted by atomic mass is 19.1. The molecule has 1 atom stereocenters. The standard InChI is InChI=1S/C16H21FN4O/c1-2-9-21(14-7-8-18-10-14)11-15-19-16(20-22-15)12-3-5-13(17)6-4-12/h3-6,14,18H,2,7-11H2,1H3. The molecule has 1 fully saturated rings. The van der Waals surface area contributed by atoms with Crippen molar-refractivity contribution in [1.29, 1.82) is 0 Å². The van der Waals surface area contributed by atoms with Crippen LogP contribution in [0.3, 0.4) is 0 Å². The van der Waals surface area contributed by atoms with E-state index in [4.69, 9.17) is 4.52 Å². The molecule has 0 bridgehead atoms. The Morgan fingerprint density at radius 3 is 2.86 bits per heavy atom. The van der Waals surface area contributed by atoms with Gasteiger partial charge in [0.1, 0.15) is 5.82 Å². The second-order valence-corrected chi connectivity index (χ2v) is 5.64. The lowest BCUT2D eigenvalue weighted by atomic mass is 10.2. The number of halogens is 1. The van der Waals surface area contributed by atoms with E-state index in [-0.39, 0.29) is 5.82 Å². The van der Waals surface area contributed by atoms with Gasteiger partial charge in [-0.05, 0) is 50.2 Å². The number of nitrogens with zero attached hydrogens (tertiary/aromatic N) is 3. The molecule has 1 saturated heterocycles. The third kappa shape index (κ3) is 3.51. The molecule has 0 aliphatic carbocycles. The summed E-state index contributed by atoms with van der Waals surface area (Å²) in [6, 6.07) is 6.66. The Bertz CT molecular complexity index is 592. The van der Waals surface area contributed by atoms with Gasteiger partial charge in [-0.1, -0.05) is 12.1 Å². The summed E-state index contributed by atoms with van der Waals surface area (Å²) in [6.07, 6.45) is 2.24. The monoisotopic (exact) mass is 304 g/mol. The number of rotatable bonds is 6. The Kier molecular flexibility index (Phi) is 4.80. The van der Waals surface area contributed by atoms with Crippen LogP contribution in [-0.4, -0.2) is 40.7 Å². The van der Waals surface area contributed by atoms with Gasteiger partial charge in [0.25, 0.3) is 0 Å². The van der Waals surface area contributed by atoms with Crippen LogP contribution in [0.4, 0.5) is 4.39 Å². The second kappa shape index (κ2) is 6.98. The van der Waals surface area contributed by atoms with Crippen LogP contribution in [0.5, 0.6) is 0 Å². The topological polar surface area (TPSA) is 54.2 Å². The quantitative estimate of drug-likeness (QED) is 0.888. The molecule has 1 aliphatic heterocycles. The lowest BCUT2D eigenvalue weighted by Gasteiger charge is -2.26. The van der Waals surface area contributed by atoms with E-state index in [0.29, 0.717) is 24.3 Å². The number of benzene rings is 1. The summed E-state index contributed by atoms with van der Waals surface area (Å²) in [7, 11) is 0. The third-order valence-corrected chi connectivity index (χ3v) is 3.97. The van der Waals surface area contributed by atoms with Crippen molar-refractivity contribution in [3.8, 4) is 11.4 Å². The second-order valence-electron chi connectivity index (χ2n) is 5.64. The van der Waals surface area contributed by atoms with Crippen molar-refractivity contribution in [2.24, 2.45) is 0 Å². The highest BCUT2D eigenvalue weighted by Gasteiger charge is 2.23. The molecule has 1 aromatic carbocycles. The van der Waals surface area contributed by atoms with Crippen LogP contribution >= 0.6 is 0 Å². The van der Waals surface area contributed by atoms with Crippen LogP contribution in [0.25, 0.3) is 11.4 Å². The van der Waals surface area contributed by atoms with Gasteiger partial charge in [-0.25, -0.2) is 4.39 Å². The van der Waals surface area contributed by atoms with Gasteiger partial charge in [-0.2, -0.15) is 4.98 Å². The van der Waals surface area contributed by atoms with Crippen molar-refractivity contribution in [1.82, 2.24) is 20.4 Å². The van der Waals surface area contributed by atoms with E-state index in [1.807, 2.05) is 0 Å². The summed E-state index contributed by atoms with van der Waals surface area (Å²) >= 11 is 0. The van der Waals surface area contributed by atoms with Crippen LogP contribution in [0, 0.1) is 5.82 Å².